The number of carbonyl (C=O) groups excluding carboxylic acids is 1. The van der Waals surface area contributed by atoms with E-state index >= 15 is 0 Å². The van der Waals surface area contributed by atoms with Crippen LogP contribution in [0.1, 0.15) is 28.0 Å². The molecule has 0 fully saturated rings. The fraction of sp³-hybridized carbons (Fsp3) is 0.292. The maximum Gasteiger partial charge on any atom is 0.254 e. The highest BCUT2D eigenvalue weighted by Gasteiger charge is 2.21. The Kier molecular flexibility index (Phi) is 6.52. The van der Waals surface area contributed by atoms with Crippen molar-refractivity contribution >= 4 is 5.91 Å². The van der Waals surface area contributed by atoms with Gasteiger partial charge in [-0.2, -0.15) is 0 Å². The number of hydrogen-bond acceptors (Lipinski definition) is 4. The molecule has 2 aromatic carbocycles. The molecule has 1 aromatic heterocycles. The normalized spacial score (nSPS) is 12.2. The van der Waals surface area contributed by atoms with Gasteiger partial charge in [-0.15, -0.1) is 0 Å². The van der Waals surface area contributed by atoms with Gasteiger partial charge in [0.25, 0.3) is 5.91 Å². The first-order chi connectivity index (χ1) is 15.1. The van der Waals surface area contributed by atoms with Crippen LogP contribution in [-0.2, 0) is 17.8 Å². The molecule has 4 rings (SSSR count). The highest BCUT2D eigenvalue weighted by molar-refractivity contribution is 5.95. The number of amides is 1. The van der Waals surface area contributed by atoms with Gasteiger partial charge < -0.3 is 23.7 Å². The van der Waals surface area contributed by atoms with E-state index in [1.165, 1.54) is 12.1 Å². The van der Waals surface area contributed by atoms with Crippen molar-refractivity contribution in [2.75, 3.05) is 27.1 Å². The standard InChI is InChI=1S/C24H25FN2O4/c1-29-13-3-12-27(24(28)19-7-10-22-23(14-19)31-17-30-22)16-21-4-2-11-26(21)15-18-5-8-20(25)9-6-18/h2,4-11,14H,3,12-13,15-17H2,1H3. The number of hydrogen-bond donors (Lipinski definition) is 0. The van der Waals surface area contributed by atoms with E-state index in [1.54, 1.807) is 37.4 Å². The maximum absolute atomic E-state index is 13.3. The second-order valence-electron chi connectivity index (χ2n) is 7.39. The van der Waals surface area contributed by atoms with Gasteiger partial charge >= 0.3 is 0 Å². The predicted molar refractivity (Wildman–Crippen MR) is 114 cm³/mol. The molecule has 31 heavy (non-hydrogen) atoms. The third kappa shape index (κ3) is 5.06. The number of methoxy groups -OCH3 is 1. The summed E-state index contributed by atoms with van der Waals surface area (Å²) in [5.74, 6) is 0.900. The minimum Gasteiger partial charge on any atom is -0.454 e. The Labute approximate surface area is 180 Å². The fourth-order valence-corrected chi connectivity index (χ4v) is 3.59. The summed E-state index contributed by atoms with van der Waals surface area (Å²) < 4.78 is 31.2. The zero-order valence-electron chi connectivity index (χ0n) is 17.4. The number of nitrogens with zero attached hydrogens (tertiary/aromatic N) is 2. The maximum atomic E-state index is 13.3. The first-order valence-electron chi connectivity index (χ1n) is 10.2. The van der Waals surface area contributed by atoms with E-state index in [0.29, 0.717) is 43.3 Å². The Morgan fingerprint density at radius 1 is 1.13 bits per heavy atom. The highest BCUT2D eigenvalue weighted by Crippen LogP contribution is 2.33. The van der Waals surface area contributed by atoms with Crippen LogP contribution in [0, 0.1) is 5.82 Å². The number of rotatable bonds is 9. The molecule has 1 amide bonds. The molecule has 1 aliphatic heterocycles. The summed E-state index contributed by atoms with van der Waals surface area (Å²) in [7, 11) is 1.65. The van der Waals surface area contributed by atoms with Crippen LogP contribution in [0.3, 0.4) is 0 Å². The lowest BCUT2D eigenvalue weighted by atomic mass is 10.1. The second kappa shape index (κ2) is 9.66. The first-order valence-corrected chi connectivity index (χ1v) is 10.2. The summed E-state index contributed by atoms with van der Waals surface area (Å²) in [5, 5.41) is 0. The van der Waals surface area contributed by atoms with Gasteiger partial charge in [-0.3, -0.25) is 4.79 Å². The van der Waals surface area contributed by atoms with Crippen molar-refractivity contribution in [2.45, 2.75) is 19.5 Å². The minimum atomic E-state index is -0.255. The minimum absolute atomic E-state index is 0.0797. The van der Waals surface area contributed by atoms with Crippen molar-refractivity contribution in [2.24, 2.45) is 0 Å². The van der Waals surface area contributed by atoms with Crippen LogP contribution in [0.25, 0.3) is 0 Å². The molecule has 0 aliphatic carbocycles. The third-order valence-electron chi connectivity index (χ3n) is 5.23. The molecule has 2 heterocycles. The summed E-state index contributed by atoms with van der Waals surface area (Å²) in [4.78, 5) is 15.1. The molecule has 6 nitrogen and oxygen atoms in total. The largest absolute Gasteiger partial charge is 0.454 e. The number of carbonyl (C=O) groups is 1. The van der Waals surface area contributed by atoms with E-state index in [2.05, 4.69) is 4.57 Å². The van der Waals surface area contributed by atoms with E-state index in [9.17, 15) is 9.18 Å². The van der Waals surface area contributed by atoms with Crippen LogP contribution in [0.5, 0.6) is 11.5 Å². The quantitative estimate of drug-likeness (QED) is 0.486. The van der Waals surface area contributed by atoms with Gasteiger partial charge in [-0.05, 0) is 54.4 Å². The molecule has 0 radical (unpaired) electrons. The molecular weight excluding hydrogens is 399 g/mol. The van der Waals surface area contributed by atoms with Gasteiger partial charge in [0.1, 0.15) is 5.82 Å². The summed E-state index contributed by atoms with van der Waals surface area (Å²) in [6, 6.07) is 15.7. The van der Waals surface area contributed by atoms with Crippen molar-refractivity contribution in [3.05, 3.63) is 83.4 Å². The average molecular weight is 424 g/mol. The van der Waals surface area contributed by atoms with Gasteiger partial charge in [0.2, 0.25) is 6.79 Å². The monoisotopic (exact) mass is 424 g/mol. The van der Waals surface area contributed by atoms with Crippen molar-refractivity contribution in [3.63, 3.8) is 0 Å². The molecule has 0 atom stereocenters. The van der Waals surface area contributed by atoms with E-state index in [0.717, 1.165) is 17.7 Å². The number of benzene rings is 2. The molecule has 0 saturated carbocycles. The smallest absolute Gasteiger partial charge is 0.254 e. The van der Waals surface area contributed by atoms with Crippen LogP contribution in [-0.4, -0.2) is 42.4 Å². The van der Waals surface area contributed by atoms with Crippen molar-refractivity contribution in [1.29, 1.82) is 0 Å². The number of ether oxygens (including phenoxy) is 3. The van der Waals surface area contributed by atoms with Crippen LogP contribution in [0.15, 0.2) is 60.8 Å². The number of halogens is 1. The fourth-order valence-electron chi connectivity index (χ4n) is 3.59. The van der Waals surface area contributed by atoms with Crippen LogP contribution < -0.4 is 9.47 Å². The van der Waals surface area contributed by atoms with Crippen molar-refractivity contribution in [1.82, 2.24) is 9.47 Å². The lowest BCUT2D eigenvalue weighted by molar-refractivity contribution is 0.0719. The van der Waals surface area contributed by atoms with E-state index in [4.69, 9.17) is 14.2 Å². The molecule has 7 heteroatoms. The van der Waals surface area contributed by atoms with Crippen LogP contribution in [0.4, 0.5) is 4.39 Å². The molecule has 0 N–H and O–H groups in total. The Bertz CT molecular complexity index is 1030. The zero-order chi connectivity index (χ0) is 21.6. The summed E-state index contributed by atoms with van der Waals surface area (Å²) >= 11 is 0. The summed E-state index contributed by atoms with van der Waals surface area (Å²) in [6.07, 6.45) is 2.70. The molecule has 0 saturated heterocycles. The molecule has 0 spiro atoms. The number of fused-ring (bicyclic) bond motifs is 1. The van der Waals surface area contributed by atoms with Crippen molar-refractivity contribution < 1.29 is 23.4 Å². The first kappa shape index (κ1) is 20.9. The van der Waals surface area contributed by atoms with Gasteiger partial charge in [-0.1, -0.05) is 12.1 Å². The Balaban J connectivity index is 1.52. The number of aromatic nitrogens is 1. The van der Waals surface area contributed by atoms with E-state index in [-0.39, 0.29) is 18.5 Å². The Morgan fingerprint density at radius 3 is 2.74 bits per heavy atom. The molecule has 162 valence electrons. The van der Waals surface area contributed by atoms with E-state index in [1.807, 2.05) is 23.2 Å². The van der Waals surface area contributed by atoms with E-state index < -0.39 is 0 Å². The zero-order valence-corrected chi connectivity index (χ0v) is 17.4. The summed E-state index contributed by atoms with van der Waals surface area (Å²) in [6.45, 7) is 2.35. The van der Waals surface area contributed by atoms with Gasteiger partial charge in [0.15, 0.2) is 11.5 Å². The van der Waals surface area contributed by atoms with Gasteiger partial charge in [0, 0.05) is 44.3 Å². The topological polar surface area (TPSA) is 52.9 Å². The molecule has 1 aliphatic rings. The lowest BCUT2D eigenvalue weighted by Crippen LogP contribution is -2.33. The molecule has 0 unspecified atom stereocenters. The third-order valence-corrected chi connectivity index (χ3v) is 5.23. The average Bonchev–Trinajstić information content (AvgIpc) is 3.43. The molecular formula is C24H25FN2O4. The lowest BCUT2D eigenvalue weighted by Gasteiger charge is -2.24. The summed E-state index contributed by atoms with van der Waals surface area (Å²) in [5.41, 5.74) is 2.54. The van der Waals surface area contributed by atoms with Crippen LogP contribution in [0.2, 0.25) is 0 Å². The molecule has 3 aromatic rings. The second-order valence-corrected chi connectivity index (χ2v) is 7.39. The van der Waals surface area contributed by atoms with Gasteiger partial charge in [-0.25, -0.2) is 4.39 Å². The van der Waals surface area contributed by atoms with Gasteiger partial charge in [0.05, 0.1) is 6.54 Å². The predicted octanol–water partition coefficient (Wildman–Crippen LogP) is 4.08. The van der Waals surface area contributed by atoms with Crippen LogP contribution >= 0.6 is 0 Å². The Hall–Kier alpha value is -3.32. The highest BCUT2D eigenvalue weighted by atomic mass is 19.1. The molecule has 0 bridgehead atoms. The SMILES string of the molecule is COCCCN(Cc1cccn1Cc1ccc(F)cc1)C(=O)c1ccc2c(c1)OCO2. The van der Waals surface area contributed by atoms with Crippen molar-refractivity contribution in [3.8, 4) is 11.5 Å². The Morgan fingerprint density at radius 2 is 1.94 bits per heavy atom.